The van der Waals surface area contributed by atoms with Gasteiger partial charge >= 0.3 is 6.03 Å². The third kappa shape index (κ3) is 8.28. The number of urea groups is 1. The fraction of sp³-hybridized carbons (Fsp3) is 0.632. The summed E-state index contributed by atoms with van der Waals surface area (Å²) >= 11 is 0. The number of hydrogen-bond donors (Lipinski definition) is 3. The monoisotopic (exact) mass is 396 g/mol. The Morgan fingerprint density at radius 1 is 1.11 bits per heavy atom. The summed E-state index contributed by atoms with van der Waals surface area (Å²) in [4.78, 5) is 14.3. The number of carbonyl (C=O) groups is 1. The van der Waals surface area contributed by atoms with E-state index in [-0.39, 0.29) is 11.8 Å². The normalized spacial score (nSPS) is 16.2. The van der Waals surface area contributed by atoms with E-state index in [1.165, 1.54) is 33.0 Å². The predicted octanol–water partition coefficient (Wildman–Crippen LogP) is 1.66. The first kappa shape index (κ1) is 21.7. The van der Waals surface area contributed by atoms with Gasteiger partial charge in [-0.15, -0.1) is 0 Å². The van der Waals surface area contributed by atoms with Gasteiger partial charge in [0.05, 0.1) is 5.75 Å². The van der Waals surface area contributed by atoms with Crippen molar-refractivity contribution >= 4 is 16.1 Å². The van der Waals surface area contributed by atoms with Crippen molar-refractivity contribution in [2.45, 2.75) is 38.5 Å². The summed E-state index contributed by atoms with van der Waals surface area (Å²) in [5, 5.41) is 5.71. The lowest BCUT2D eigenvalue weighted by Gasteiger charge is -2.30. The summed E-state index contributed by atoms with van der Waals surface area (Å²) in [5.41, 5.74) is 1.64. The molecule has 1 aromatic rings. The van der Waals surface area contributed by atoms with Crippen molar-refractivity contribution < 1.29 is 13.2 Å². The van der Waals surface area contributed by atoms with Crippen LogP contribution in [0, 0.1) is 5.92 Å². The number of rotatable bonds is 9. The standard InChI is InChI=1S/C19H32N4O3S/c1-16-8-12-23(13-9-16)11-3-10-21-19(24)22-14-17-4-6-18(7-5-17)15-27(25,26)20-2/h4-7,16,20H,3,8-15H2,1-2H3,(H2,21,22,24). The van der Waals surface area contributed by atoms with Crippen molar-refractivity contribution in [2.75, 3.05) is 33.2 Å². The number of hydrogen-bond acceptors (Lipinski definition) is 4. The van der Waals surface area contributed by atoms with Gasteiger partial charge in [0.1, 0.15) is 0 Å². The molecule has 3 N–H and O–H groups in total. The van der Waals surface area contributed by atoms with Crippen molar-refractivity contribution in [1.82, 2.24) is 20.3 Å². The fourth-order valence-electron chi connectivity index (χ4n) is 3.08. The molecule has 0 atom stereocenters. The maximum Gasteiger partial charge on any atom is 0.315 e. The molecular weight excluding hydrogens is 364 g/mol. The second-order valence-corrected chi connectivity index (χ2v) is 9.19. The minimum absolute atomic E-state index is 0.0480. The lowest BCUT2D eigenvalue weighted by atomic mass is 9.99. The lowest BCUT2D eigenvalue weighted by molar-refractivity contribution is 0.190. The predicted molar refractivity (Wildman–Crippen MR) is 108 cm³/mol. The lowest BCUT2D eigenvalue weighted by Crippen LogP contribution is -2.38. The van der Waals surface area contributed by atoms with Crippen LogP contribution in [0.5, 0.6) is 0 Å². The number of nitrogens with zero attached hydrogens (tertiary/aromatic N) is 1. The van der Waals surface area contributed by atoms with E-state index in [2.05, 4.69) is 27.2 Å². The van der Waals surface area contributed by atoms with Crippen LogP contribution in [-0.4, -0.2) is 52.6 Å². The SMILES string of the molecule is CNS(=O)(=O)Cc1ccc(CNC(=O)NCCCN2CCC(C)CC2)cc1. The van der Waals surface area contributed by atoms with Gasteiger partial charge < -0.3 is 15.5 Å². The van der Waals surface area contributed by atoms with Crippen LogP contribution in [0.3, 0.4) is 0 Å². The highest BCUT2D eigenvalue weighted by molar-refractivity contribution is 7.88. The van der Waals surface area contributed by atoms with Crippen LogP contribution >= 0.6 is 0 Å². The molecule has 1 aliphatic heterocycles. The van der Waals surface area contributed by atoms with Gasteiger partial charge in [0.2, 0.25) is 10.0 Å². The Kier molecular flexibility index (Phi) is 8.53. The molecule has 0 saturated carbocycles. The molecule has 0 bridgehead atoms. The summed E-state index contributed by atoms with van der Waals surface area (Å²) in [7, 11) is -1.87. The Labute approximate surface area is 163 Å². The molecule has 152 valence electrons. The van der Waals surface area contributed by atoms with E-state index >= 15 is 0 Å². The third-order valence-corrected chi connectivity index (χ3v) is 6.29. The number of sulfonamides is 1. The molecule has 1 heterocycles. The molecule has 0 aliphatic carbocycles. The van der Waals surface area contributed by atoms with Gasteiger partial charge in [-0.2, -0.15) is 0 Å². The van der Waals surface area contributed by atoms with Crippen molar-refractivity contribution in [1.29, 1.82) is 0 Å². The van der Waals surface area contributed by atoms with Crippen molar-refractivity contribution in [3.8, 4) is 0 Å². The number of amides is 2. The van der Waals surface area contributed by atoms with Gasteiger partial charge in [-0.3, -0.25) is 0 Å². The maximum atomic E-state index is 11.9. The maximum absolute atomic E-state index is 11.9. The minimum atomic E-state index is -3.27. The summed E-state index contributed by atoms with van der Waals surface area (Å²) in [5.74, 6) is 0.792. The number of piperidine rings is 1. The molecule has 7 nitrogen and oxygen atoms in total. The zero-order valence-electron chi connectivity index (χ0n) is 16.3. The molecule has 1 aromatic carbocycles. The van der Waals surface area contributed by atoms with E-state index in [0.29, 0.717) is 18.7 Å². The average molecular weight is 397 g/mol. The third-order valence-electron chi connectivity index (χ3n) is 4.96. The van der Waals surface area contributed by atoms with Gasteiger partial charge in [0, 0.05) is 13.1 Å². The Morgan fingerprint density at radius 2 is 1.74 bits per heavy atom. The van der Waals surface area contributed by atoms with Crippen molar-refractivity contribution in [2.24, 2.45) is 5.92 Å². The molecule has 1 fully saturated rings. The molecule has 0 radical (unpaired) electrons. The van der Waals surface area contributed by atoms with Crippen LogP contribution in [0.4, 0.5) is 4.79 Å². The second-order valence-electron chi connectivity index (χ2n) is 7.27. The first-order valence-corrected chi connectivity index (χ1v) is 11.3. The number of likely N-dealkylation sites (tertiary alicyclic amines) is 1. The Hall–Kier alpha value is -1.64. The van der Waals surface area contributed by atoms with E-state index < -0.39 is 10.0 Å². The summed E-state index contributed by atoms with van der Waals surface area (Å²) in [6, 6.07) is 7.02. The Morgan fingerprint density at radius 3 is 2.37 bits per heavy atom. The molecule has 8 heteroatoms. The van der Waals surface area contributed by atoms with Crippen LogP contribution in [0.15, 0.2) is 24.3 Å². The van der Waals surface area contributed by atoms with Crippen LogP contribution in [0.1, 0.15) is 37.3 Å². The van der Waals surface area contributed by atoms with E-state index in [1.807, 2.05) is 12.1 Å². The Balaban J connectivity index is 1.61. The highest BCUT2D eigenvalue weighted by Crippen LogP contribution is 2.15. The molecular formula is C19H32N4O3S. The van der Waals surface area contributed by atoms with E-state index in [1.54, 1.807) is 12.1 Å². The smallest absolute Gasteiger partial charge is 0.315 e. The highest BCUT2D eigenvalue weighted by Gasteiger charge is 2.14. The van der Waals surface area contributed by atoms with Crippen molar-refractivity contribution in [3.05, 3.63) is 35.4 Å². The molecule has 1 aliphatic rings. The largest absolute Gasteiger partial charge is 0.338 e. The van der Waals surface area contributed by atoms with E-state index in [9.17, 15) is 13.2 Å². The topological polar surface area (TPSA) is 90.5 Å². The Bertz CT molecular complexity index is 683. The number of carbonyl (C=O) groups excluding carboxylic acids is 1. The first-order valence-electron chi connectivity index (χ1n) is 9.61. The first-order chi connectivity index (χ1) is 12.9. The minimum Gasteiger partial charge on any atom is -0.338 e. The van der Waals surface area contributed by atoms with Gasteiger partial charge in [0.15, 0.2) is 0 Å². The average Bonchev–Trinajstić information content (AvgIpc) is 2.66. The number of benzene rings is 1. The second kappa shape index (κ2) is 10.6. The van der Waals surface area contributed by atoms with Crippen LogP contribution in [-0.2, 0) is 22.3 Å². The summed E-state index contributed by atoms with van der Waals surface area (Å²) in [6.07, 6.45) is 3.50. The molecule has 2 amide bonds. The van der Waals surface area contributed by atoms with Gasteiger partial charge in [-0.25, -0.2) is 17.9 Å². The highest BCUT2D eigenvalue weighted by atomic mass is 32.2. The van der Waals surface area contributed by atoms with E-state index in [0.717, 1.165) is 24.4 Å². The van der Waals surface area contributed by atoms with Gasteiger partial charge in [-0.05, 0) is 63.0 Å². The molecule has 0 unspecified atom stereocenters. The van der Waals surface area contributed by atoms with Crippen LogP contribution in [0.25, 0.3) is 0 Å². The van der Waals surface area contributed by atoms with Gasteiger partial charge in [-0.1, -0.05) is 31.2 Å². The number of nitrogens with one attached hydrogen (secondary N) is 3. The summed E-state index contributed by atoms with van der Waals surface area (Å²) in [6.45, 7) is 6.75. The molecule has 0 aromatic heterocycles. The molecule has 1 saturated heterocycles. The molecule has 0 spiro atoms. The summed E-state index contributed by atoms with van der Waals surface area (Å²) < 4.78 is 25.4. The van der Waals surface area contributed by atoms with Crippen LogP contribution in [0.2, 0.25) is 0 Å². The molecule has 27 heavy (non-hydrogen) atoms. The molecule has 2 rings (SSSR count). The van der Waals surface area contributed by atoms with E-state index in [4.69, 9.17) is 0 Å². The van der Waals surface area contributed by atoms with Crippen molar-refractivity contribution in [3.63, 3.8) is 0 Å². The van der Waals surface area contributed by atoms with Gasteiger partial charge in [0.25, 0.3) is 0 Å². The fourth-order valence-corrected chi connectivity index (χ4v) is 3.86. The van der Waals surface area contributed by atoms with Crippen LogP contribution < -0.4 is 15.4 Å². The zero-order valence-corrected chi connectivity index (χ0v) is 17.1. The quantitative estimate of drug-likeness (QED) is 0.554. The zero-order chi connectivity index (χ0) is 19.7.